The fourth-order valence-corrected chi connectivity index (χ4v) is 6.14. The van der Waals surface area contributed by atoms with Gasteiger partial charge in [-0.2, -0.15) is 0 Å². The summed E-state index contributed by atoms with van der Waals surface area (Å²) >= 11 is 0. The minimum absolute atomic E-state index is 0.0692. The molecule has 0 saturated carbocycles. The summed E-state index contributed by atoms with van der Waals surface area (Å²) in [7, 11) is -1.02. The van der Waals surface area contributed by atoms with Gasteiger partial charge in [-0.1, -0.05) is 12.1 Å². The predicted molar refractivity (Wildman–Crippen MR) is 85.0 cm³/mol. The molecule has 3 heterocycles. The smallest absolute Gasteiger partial charge is 0.156 e. The molecular formula is C15H20N4O2S. The lowest BCUT2D eigenvalue weighted by Gasteiger charge is -2.17. The van der Waals surface area contributed by atoms with Gasteiger partial charge in [-0.25, -0.2) is 13.4 Å². The van der Waals surface area contributed by atoms with E-state index in [4.69, 9.17) is 5.73 Å². The molecule has 0 bridgehead atoms. The Labute approximate surface area is 129 Å². The Hall–Kier alpha value is -1.44. The molecule has 2 aromatic rings. The molecule has 4 rings (SSSR count). The molecule has 0 aliphatic carbocycles. The molecule has 2 N–H and O–H groups in total. The lowest BCUT2D eigenvalue weighted by Crippen LogP contribution is -2.33. The highest BCUT2D eigenvalue weighted by Crippen LogP contribution is 2.33. The van der Waals surface area contributed by atoms with Gasteiger partial charge in [0.15, 0.2) is 9.84 Å². The van der Waals surface area contributed by atoms with E-state index in [1.807, 2.05) is 31.3 Å². The number of aromatic nitrogens is 2. The summed E-state index contributed by atoms with van der Waals surface area (Å²) in [6, 6.07) is 7.80. The highest BCUT2D eigenvalue weighted by atomic mass is 32.2. The van der Waals surface area contributed by atoms with E-state index in [1.165, 1.54) is 0 Å². The average Bonchev–Trinajstić information content (AvgIpc) is 3.08. The molecular weight excluding hydrogens is 300 g/mol. The van der Waals surface area contributed by atoms with Crippen molar-refractivity contribution in [3.63, 3.8) is 0 Å². The first-order valence-electron chi connectivity index (χ1n) is 7.55. The van der Waals surface area contributed by atoms with E-state index in [0.717, 1.165) is 23.4 Å². The highest BCUT2D eigenvalue weighted by Gasteiger charge is 2.50. The first-order valence-corrected chi connectivity index (χ1v) is 9.27. The van der Waals surface area contributed by atoms with Gasteiger partial charge in [0.2, 0.25) is 0 Å². The Morgan fingerprint density at radius 1 is 1.32 bits per heavy atom. The van der Waals surface area contributed by atoms with Gasteiger partial charge >= 0.3 is 0 Å². The second kappa shape index (κ2) is 4.78. The first kappa shape index (κ1) is 14.2. The van der Waals surface area contributed by atoms with Crippen LogP contribution in [0.3, 0.4) is 0 Å². The van der Waals surface area contributed by atoms with Crippen LogP contribution < -0.4 is 5.73 Å². The van der Waals surface area contributed by atoms with Gasteiger partial charge in [0.1, 0.15) is 5.82 Å². The minimum Gasteiger partial charge on any atom is -0.330 e. The number of para-hydroxylation sites is 2. The topological polar surface area (TPSA) is 81.2 Å². The fourth-order valence-electron chi connectivity index (χ4n) is 3.85. The number of imidazole rings is 1. The number of rotatable bonds is 2. The van der Waals surface area contributed by atoms with Gasteiger partial charge in [-0.3, -0.25) is 4.90 Å². The average molecular weight is 320 g/mol. The van der Waals surface area contributed by atoms with Crippen molar-refractivity contribution in [1.82, 2.24) is 14.5 Å². The SMILES string of the molecule is Cn1c(CN2C[C@H]3[C@@H](C2)S(=O)(=O)C[C@@H]3N)nc2ccccc21. The summed E-state index contributed by atoms with van der Waals surface area (Å²) in [6.07, 6.45) is 0. The predicted octanol–water partition coefficient (Wildman–Crippen LogP) is 0.129. The summed E-state index contributed by atoms with van der Waals surface area (Å²) < 4.78 is 26.3. The van der Waals surface area contributed by atoms with Crippen molar-refractivity contribution in [3.8, 4) is 0 Å². The Balaban J connectivity index is 1.59. The molecule has 22 heavy (non-hydrogen) atoms. The van der Waals surface area contributed by atoms with Crippen LogP contribution in [0.25, 0.3) is 11.0 Å². The molecule has 7 heteroatoms. The Kier molecular flexibility index (Phi) is 3.08. The van der Waals surface area contributed by atoms with E-state index < -0.39 is 9.84 Å². The Morgan fingerprint density at radius 3 is 2.82 bits per heavy atom. The van der Waals surface area contributed by atoms with Gasteiger partial charge < -0.3 is 10.3 Å². The van der Waals surface area contributed by atoms with E-state index >= 15 is 0 Å². The number of likely N-dealkylation sites (tertiary alicyclic amines) is 1. The zero-order valence-corrected chi connectivity index (χ0v) is 13.3. The van der Waals surface area contributed by atoms with Crippen LogP contribution in [0.1, 0.15) is 5.82 Å². The summed E-state index contributed by atoms with van der Waals surface area (Å²) in [5.41, 5.74) is 8.09. The third-order valence-electron chi connectivity index (χ3n) is 5.07. The number of sulfone groups is 1. The first-order chi connectivity index (χ1) is 10.5. The van der Waals surface area contributed by atoms with Crippen molar-refractivity contribution in [2.75, 3.05) is 18.8 Å². The molecule has 0 spiro atoms. The molecule has 0 radical (unpaired) electrons. The van der Waals surface area contributed by atoms with E-state index in [2.05, 4.69) is 14.5 Å². The van der Waals surface area contributed by atoms with E-state index in [-0.39, 0.29) is 23.0 Å². The van der Waals surface area contributed by atoms with Crippen LogP contribution in [0.5, 0.6) is 0 Å². The molecule has 0 amide bonds. The molecule has 1 aromatic carbocycles. The van der Waals surface area contributed by atoms with Gasteiger partial charge in [0, 0.05) is 32.1 Å². The maximum absolute atomic E-state index is 12.1. The van der Waals surface area contributed by atoms with Gasteiger partial charge in [-0.15, -0.1) is 0 Å². The lowest BCUT2D eigenvalue weighted by atomic mass is 10.0. The molecule has 0 unspecified atom stereocenters. The van der Waals surface area contributed by atoms with Crippen molar-refractivity contribution in [3.05, 3.63) is 30.1 Å². The van der Waals surface area contributed by atoms with Crippen molar-refractivity contribution >= 4 is 20.9 Å². The van der Waals surface area contributed by atoms with Gasteiger partial charge in [0.05, 0.1) is 28.6 Å². The maximum atomic E-state index is 12.1. The van der Waals surface area contributed by atoms with E-state index in [9.17, 15) is 8.42 Å². The standard InChI is InChI=1S/C15H20N4O2S/c1-18-13-5-3-2-4-12(13)17-15(18)8-19-6-10-11(16)9-22(20,21)14(10)7-19/h2-5,10-11,14H,6-9,16H2,1H3/t10-,11+,14-/m1/s1. The summed E-state index contributed by atoms with van der Waals surface area (Å²) in [4.78, 5) is 6.84. The van der Waals surface area contributed by atoms with Crippen LogP contribution >= 0.6 is 0 Å². The Morgan fingerprint density at radius 2 is 2.09 bits per heavy atom. The zero-order valence-electron chi connectivity index (χ0n) is 12.5. The van der Waals surface area contributed by atoms with Crippen LogP contribution in [0.4, 0.5) is 0 Å². The van der Waals surface area contributed by atoms with Gasteiger partial charge in [-0.05, 0) is 12.1 Å². The summed E-state index contributed by atoms with van der Waals surface area (Å²) in [5.74, 6) is 1.18. The quantitative estimate of drug-likeness (QED) is 0.850. The van der Waals surface area contributed by atoms with Crippen LogP contribution in [-0.2, 0) is 23.4 Å². The fraction of sp³-hybridized carbons (Fsp3) is 0.533. The number of nitrogens with two attached hydrogens (primary N) is 1. The normalized spacial score (nSPS) is 30.9. The third-order valence-corrected chi connectivity index (χ3v) is 7.34. The Bertz CT molecular complexity index is 829. The molecule has 2 fully saturated rings. The molecule has 6 nitrogen and oxygen atoms in total. The molecule has 2 aliphatic rings. The third kappa shape index (κ3) is 2.07. The monoisotopic (exact) mass is 320 g/mol. The van der Waals surface area contributed by atoms with Crippen LogP contribution in [-0.4, -0.2) is 53.0 Å². The molecule has 2 aliphatic heterocycles. The number of nitrogens with zero attached hydrogens (tertiary/aromatic N) is 3. The van der Waals surface area contributed by atoms with Crippen molar-refractivity contribution in [1.29, 1.82) is 0 Å². The summed E-state index contributed by atoms with van der Waals surface area (Å²) in [6.45, 7) is 1.98. The number of aryl methyl sites for hydroxylation is 1. The van der Waals surface area contributed by atoms with E-state index in [0.29, 0.717) is 13.1 Å². The maximum Gasteiger partial charge on any atom is 0.156 e. The van der Waals surface area contributed by atoms with Crippen LogP contribution in [0.15, 0.2) is 24.3 Å². The molecule has 3 atom stereocenters. The second-order valence-corrected chi connectivity index (χ2v) is 8.73. The molecule has 2 saturated heterocycles. The number of hydrogen-bond acceptors (Lipinski definition) is 5. The number of benzene rings is 1. The van der Waals surface area contributed by atoms with Gasteiger partial charge in [0.25, 0.3) is 0 Å². The minimum atomic E-state index is -3.03. The molecule has 118 valence electrons. The van der Waals surface area contributed by atoms with E-state index in [1.54, 1.807) is 0 Å². The lowest BCUT2D eigenvalue weighted by molar-refractivity contribution is 0.298. The van der Waals surface area contributed by atoms with Crippen LogP contribution in [0.2, 0.25) is 0 Å². The van der Waals surface area contributed by atoms with Crippen molar-refractivity contribution in [2.24, 2.45) is 18.7 Å². The number of hydrogen-bond donors (Lipinski definition) is 1. The number of fused-ring (bicyclic) bond motifs is 2. The second-order valence-electron chi connectivity index (χ2n) is 6.47. The van der Waals surface area contributed by atoms with Crippen molar-refractivity contribution in [2.45, 2.75) is 17.8 Å². The molecule has 1 aromatic heterocycles. The zero-order chi connectivity index (χ0) is 15.5. The highest BCUT2D eigenvalue weighted by molar-refractivity contribution is 7.92. The summed E-state index contributed by atoms with van der Waals surface area (Å²) in [5, 5.41) is -0.294. The van der Waals surface area contributed by atoms with Crippen molar-refractivity contribution < 1.29 is 8.42 Å². The van der Waals surface area contributed by atoms with Crippen LogP contribution in [0, 0.1) is 5.92 Å². The largest absolute Gasteiger partial charge is 0.330 e.